The van der Waals surface area contributed by atoms with E-state index in [0.29, 0.717) is 11.1 Å². The molecule has 3 aromatic rings. The van der Waals surface area contributed by atoms with Crippen LogP contribution in [0.15, 0.2) is 36.0 Å². The van der Waals surface area contributed by atoms with Crippen LogP contribution in [0.3, 0.4) is 0 Å². The van der Waals surface area contributed by atoms with Gasteiger partial charge in [-0.15, -0.1) is 11.3 Å². The maximum absolute atomic E-state index is 11.7. The quantitative estimate of drug-likeness (QED) is 0.666. The first-order valence-corrected chi connectivity index (χ1v) is 9.28. The lowest BCUT2D eigenvalue weighted by molar-refractivity contribution is 0.101. The molecule has 0 aliphatic carbocycles. The van der Waals surface area contributed by atoms with Crippen molar-refractivity contribution in [2.75, 3.05) is 36.0 Å². The number of fused-ring (bicyclic) bond motifs is 1. The minimum absolute atomic E-state index is 0.00945. The summed E-state index contributed by atoms with van der Waals surface area (Å²) in [5.74, 6) is 0.976. The third kappa shape index (κ3) is 2.89. The van der Waals surface area contributed by atoms with Gasteiger partial charge in [-0.25, -0.2) is 9.97 Å². The third-order valence-corrected chi connectivity index (χ3v) is 5.51. The van der Waals surface area contributed by atoms with E-state index in [4.69, 9.17) is 0 Å². The molecule has 0 atom stereocenters. The number of benzene rings is 1. The molecule has 4 rings (SSSR count). The predicted octanol–water partition coefficient (Wildman–Crippen LogP) is 3.09. The molecule has 1 aliphatic heterocycles. The van der Waals surface area contributed by atoms with Crippen molar-refractivity contribution in [2.24, 2.45) is 0 Å². The molecule has 0 spiro atoms. The molecule has 130 valence electrons. The number of anilines is 2. The van der Waals surface area contributed by atoms with Crippen LogP contribution in [0, 0.1) is 11.3 Å². The van der Waals surface area contributed by atoms with Crippen molar-refractivity contribution >= 4 is 38.8 Å². The van der Waals surface area contributed by atoms with Gasteiger partial charge in [-0.1, -0.05) is 0 Å². The van der Waals surface area contributed by atoms with Gasteiger partial charge < -0.3 is 9.80 Å². The SMILES string of the molecule is CC(=O)c1ccc(C#N)c(N2CCN(c3ncnc4sccc34)CC2)c1. The summed E-state index contributed by atoms with van der Waals surface area (Å²) in [6, 6.07) is 9.58. The van der Waals surface area contributed by atoms with Crippen LogP contribution in [-0.2, 0) is 0 Å². The van der Waals surface area contributed by atoms with Crippen molar-refractivity contribution in [3.8, 4) is 6.07 Å². The fourth-order valence-corrected chi connectivity index (χ4v) is 4.02. The second-order valence-corrected chi connectivity index (χ2v) is 7.11. The summed E-state index contributed by atoms with van der Waals surface area (Å²) in [5.41, 5.74) is 2.08. The largest absolute Gasteiger partial charge is 0.367 e. The Kier molecular flexibility index (Phi) is 4.27. The normalized spacial score (nSPS) is 14.5. The Morgan fingerprint density at radius 3 is 2.65 bits per heavy atom. The van der Waals surface area contributed by atoms with Gasteiger partial charge in [0, 0.05) is 31.7 Å². The molecule has 0 N–H and O–H groups in total. The molecule has 6 nitrogen and oxygen atoms in total. The number of nitriles is 1. The highest BCUT2D eigenvalue weighted by Gasteiger charge is 2.22. The predicted molar refractivity (Wildman–Crippen MR) is 103 cm³/mol. The Hall–Kier alpha value is -2.98. The van der Waals surface area contributed by atoms with Crippen LogP contribution in [0.1, 0.15) is 22.8 Å². The number of carbonyl (C=O) groups excluding carboxylic acids is 1. The zero-order valence-corrected chi connectivity index (χ0v) is 15.2. The molecule has 1 saturated heterocycles. The number of Topliss-reactive ketones (excluding diaryl/α,β-unsaturated/α-hetero) is 1. The zero-order valence-electron chi connectivity index (χ0n) is 14.3. The summed E-state index contributed by atoms with van der Waals surface area (Å²) < 4.78 is 0. The third-order valence-electron chi connectivity index (χ3n) is 4.69. The molecule has 0 saturated carbocycles. The Labute approximate surface area is 155 Å². The lowest BCUT2D eigenvalue weighted by atomic mass is 10.1. The molecule has 1 aromatic carbocycles. The van der Waals surface area contributed by atoms with Crippen molar-refractivity contribution < 1.29 is 4.79 Å². The second kappa shape index (κ2) is 6.73. The van der Waals surface area contributed by atoms with E-state index in [1.807, 2.05) is 11.4 Å². The Bertz CT molecular complexity index is 1010. The number of rotatable bonds is 3. The van der Waals surface area contributed by atoms with E-state index in [0.717, 1.165) is 47.9 Å². The highest BCUT2D eigenvalue weighted by Crippen LogP contribution is 2.29. The van der Waals surface area contributed by atoms with Gasteiger partial charge >= 0.3 is 0 Å². The monoisotopic (exact) mass is 363 g/mol. The molecular formula is C19H17N5OS. The standard InChI is InChI=1S/C19H17N5OS/c1-13(25)14-2-3-15(11-20)17(10-14)23-5-7-24(8-6-23)18-16-4-9-26-19(16)22-12-21-18/h2-4,9-10,12H,5-8H2,1H3. The molecule has 2 aromatic heterocycles. The van der Waals surface area contributed by atoms with E-state index in [1.54, 1.807) is 36.7 Å². The molecule has 26 heavy (non-hydrogen) atoms. The van der Waals surface area contributed by atoms with Crippen molar-refractivity contribution in [3.05, 3.63) is 47.1 Å². The van der Waals surface area contributed by atoms with Gasteiger partial charge in [-0.05, 0) is 36.6 Å². The number of aromatic nitrogens is 2. The van der Waals surface area contributed by atoms with Gasteiger partial charge in [-0.3, -0.25) is 4.79 Å². The van der Waals surface area contributed by atoms with Crippen LogP contribution < -0.4 is 9.80 Å². The topological polar surface area (TPSA) is 73.1 Å². The molecule has 0 bridgehead atoms. The first-order chi connectivity index (χ1) is 12.7. The summed E-state index contributed by atoms with van der Waals surface area (Å²) >= 11 is 1.62. The van der Waals surface area contributed by atoms with E-state index in [2.05, 4.69) is 31.9 Å². The summed E-state index contributed by atoms with van der Waals surface area (Å²) in [6.45, 7) is 4.69. The van der Waals surface area contributed by atoms with Gasteiger partial charge in [0.1, 0.15) is 23.0 Å². The summed E-state index contributed by atoms with van der Waals surface area (Å²) in [7, 11) is 0. The minimum Gasteiger partial charge on any atom is -0.367 e. The first kappa shape index (κ1) is 16.5. The lowest BCUT2D eigenvalue weighted by Crippen LogP contribution is -2.47. The van der Waals surface area contributed by atoms with E-state index < -0.39 is 0 Å². The highest BCUT2D eigenvalue weighted by atomic mass is 32.1. The van der Waals surface area contributed by atoms with Crippen molar-refractivity contribution in [2.45, 2.75) is 6.92 Å². The van der Waals surface area contributed by atoms with E-state index >= 15 is 0 Å². The van der Waals surface area contributed by atoms with Crippen molar-refractivity contribution in [3.63, 3.8) is 0 Å². The molecule has 0 amide bonds. The fourth-order valence-electron chi connectivity index (χ4n) is 3.29. The number of hydrogen-bond acceptors (Lipinski definition) is 7. The molecule has 1 aliphatic rings. The van der Waals surface area contributed by atoms with Crippen LogP contribution in [-0.4, -0.2) is 41.9 Å². The van der Waals surface area contributed by atoms with Gasteiger partial charge in [-0.2, -0.15) is 5.26 Å². The summed E-state index contributed by atoms with van der Waals surface area (Å²) in [4.78, 5) is 25.9. The molecule has 0 radical (unpaired) electrons. The van der Waals surface area contributed by atoms with E-state index in [9.17, 15) is 10.1 Å². The van der Waals surface area contributed by atoms with Crippen LogP contribution in [0.5, 0.6) is 0 Å². The minimum atomic E-state index is 0.00945. The Morgan fingerprint density at radius 2 is 1.92 bits per heavy atom. The number of hydrogen-bond donors (Lipinski definition) is 0. The number of carbonyl (C=O) groups is 1. The van der Waals surface area contributed by atoms with E-state index in [-0.39, 0.29) is 5.78 Å². The fraction of sp³-hybridized carbons (Fsp3) is 0.263. The number of nitrogens with zero attached hydrogens (tertiary/aromatic N) is 5. The summed E-state index contributed by atoms with van der Waals surface area (Å²) in [5, 5.41) is 12.5. The average Bonchev–Trinajstić information content (AvgIpc) is 3.16. The van der Waals surface area contributed by atoms with Crippen LogP contribution >= 0.6 is 11.3 Å². The molecular weight excluding hydrogens is 346 g/mol. The smallest absolute Gasteiger partial charge is 0.159 e. The van der Waals surface area contributed by atoms with Gasteiger partial charge in [0.05, 0.1) is 16.6 Å². The van der Waals surface area contributed by atoms with Gasteiger partial charge in [0.2, 0.25) is 0 Å². The van der Waals surface area contributed by atoms with Crippen LogP contribution in [0.4, 0.5) is 11.5 Å². The maximum Gasteiger partial charge on any atom is 0.159 e. The second-order valence-electron chi connectivity index (χ2n) is 6.21. The van der Waals surface area contributed by atoms with E-state index in [1.165, 1.54) is 0 Å². The maximum atomic E-state index is 11.7. The van der Waals surface area contributed by atoms with Gasteiger partial charge in [0.15, 0.2) is 5.78 Å². The van der Waals surface area contributed by atoms with Crippen LogP contribution in [0.25, 0.3) is 10.2 Å². The number of piperazine rings is 1. The first-order valence-electron chi connectivity index (χ1n) is 8.40. The van der Waals surface area contributed by atoms with Crippen molar-refractivity contribution in [1.29, 1.82) is 5.26 Å². The average molecular weight is 363 g/mol. The Morgan fingerprint density at radius 1 is 1.15 bits per heavy atom. The molecule has 0 unspecified atom stereocenters. The lowest BCUT2D eigenvalue weighted by Gasteiger charge is -2.37. The number of ketones is 1. The summed E-state index contributed by atoms with van der Waals surface area (Å²) in [6.07, 6.45) is 1.62. The van der Waals surface area contributed by atoms with Gasteiger partial charge in [0.25, 0.3) is 0 Å². The molecule has 7 heteroatoms. The zero-order chi connectivity index (χ0) is 18.1. The van der Waals surface area contributed by atoms with Crippen molar-refractivity contribution in [1.82, 2.24) is 9.97 Å². The molecule has 1 fully saturated rings. The molecule has 3 heterocycles. The van der Waals surface area contributed by atoms with Crippen LogP contribution in [0.2, 0.25) is 0 Å². The number of thiophene rings is 1. The highest BCUT2D eigenvalue weighted by molar-refractivity contribution is 7.16. The Balaban J connectivity index is 1.57.